The minimum absolute atomic E-state index is 0.260. The number of anilines is 1. The predicted octanol–water partition coefficient (Wildman–Crippen LogP) is 4.28. The second-order valence-corrected chi connectivity index (χ2v) is 5.79. The number of furan rings is 1. The summed E-state index contributed by atoms with van der Waals surface area (Å²) >= 11 is 0. The molecule has 6 nitrogen and oxygen atoms in total. The van der Waals surface area contributed by atoms with Crippen molar-refractivity contribution in [1.82, 2.24) is 15.0 Å². The maximum absolute atomic E-state index is 5.95. The third-order valence-electron chi connectivity index (χ3n) is 4.00. The monoisotopic (exact) mass is 332 g/mol. The highest BCUT2D eigenvalue weighted by atomic mass is 16.5. The predicted molar refractivity (Wildman–Crippen MR) is 95.4 cm³/mol. The molecule has 124 valence electrons. The summed E-state index contributed by atoms with van der Waals surface area (Å²) in [6.45, 7) is 3.97. The van der Waals surface area contributed by atoms with Gasteiger partial charge in [-0.1, -0.05) is 0 Å². The molecule has 0 bridgehead atoms. The first-order valence-corrected chi connectivity index (χ1v) is 7.82. The van der Waals surface area contributed by atoms with Gasteiger partial charge in [-0.05, 0) is 55.3 Å². The molecule has 4 aromatic rings. The highest BCUT2D eigenvalue weighted by Gasteiger charge is 2.11. The van der Waals surface area contributed by atoms with Gasteiger partial charge in [0.1, 0.15) is 11.3 Å². The number of aryl methyl sites for hydroxylation is 2. The summed E-state index contributed by atoms with van der Waals surface area (Å²) in [7, 11) is 0. The average molecular weight is 332 g/mol. The van der Waals surface area contributed by atoms with E-state index in [1.54, 1.807) is 24.7 Å². The molecular formula is C19H16N4O2. The van der Waals surface area contributed by atoms with Crippen LogP contribution in [0.5, 0.6) is 11.6 Å². The summed E-state index contributed by atoms with van der Waals surface area (Å²) in [5, 5.41) is 0.837. The minimum atomic E-state index is 0.260. The van der Waals surface area contributed by atoms with Gasteiger partial charge in [0, 0.05) is 18.0 Å². The number of hydrogen-bond donors (Lipinski definition) is 1. The molecule has 0 saturated heterocycles. The fraction of sp³-hybridized carbons (Fsp3) is 0.105. The Bertz CT molecular complexity index is 1070. The van der Waals surface area contributed by atoms with E-state index in [0.29, 0.717) is 11.6 Å². The largest absolute Gasteiger partial charge is 0.464 e. The van der Waals surface area contributed by atoms with Crippen molar-refractivity contribution in [3.8, 4) is 22.9 Å². The summed E-state index contributed by atoms with van der Waals surface area (Å²) in [5.41, 5.74) is 10.3. The Labute approximate surface area is 144 Å². The molecule has 0 spiro atoms. The van der Waals surface area contributed by atoms with E-state index in [2.05, 4.69) is 15.0 Å². The van der Waals surface area contributed by atoms with Crippen LogP contribution >= 0.6 is 0 Å². The molecule has 0 amide bonds. The van der Waals surface area contributed by atoms with Crippen molar-refractivity contribution in [3.63, 3.8) is 0 Å². The van der Waals surface area contributed by atoms with Gasteiger partial charge in [0.25, 0.3) is 0 Å². The molecule has 6 heteroatoms. The normalized spacial score (nSPS) is 11.0. The summed E-state index contributed by atoms with van der Waals surface area (Å²) in [4.78, 5) is 12.7. The van der Waals surface area contributed by atoms with E-state index in [9.17, 15) is 0 Å². The Morgan fingerprint density at radius 3 is 2.76 bits per heavy atom. The fourth-order valence-electron chi connectivity index (χ4n) is 2.76. The molecule has 0 fully saturated rings. The lowest BCUT2D eigenvalue weighted by Crippen LogP contribution is -1.99. The van der Waals surface area contributed by atoms with Crippen molar-refractivity contribution in [2.24, 2.45) is 0 Å². The fourth-order valence-corrected chi connectivity index (χ4v) is 2.76. The zero-order chi connectivity index (χ0) is 17.4. The summed E-state index contributed by atoms with van der Waals surface area (Å²) in [6, 6.07) is 9.45. The van der Waals surface area contributed by atoms with Crippen molar-refractivity contribution in [1.29, 1.82) is 0 Å². The van der Waals surface area contributed by atoms with Gasteiger partial charge >= 0.3 is 0 Å². The Morgan fingerprint density at radius 1 is 1.04 bits per heavy atom. The van der Waals surface area contributed by atoms with E-state index in [-0.39, 0.29) is 5.95 Å². The highest BCUT2D eigenvalue weighted by molar-refractivity contribution is 5.82. The third-order valence-corrected chi connectivity index (χ3v) is 4.00. The Hall–Kier alpha value is -3.41. The highest BCUT2D eigenvalue weighted by Crippen LogP contribution is 2.32. The average Bonchev–Trinajstić information content (AvgIpc) is 3.07. The van der Waals surface area contributed by atoms with Crippen LogP contribution in [0.1, 0.15) is 11.1 Å². The number of nitrogens with zero attached hydrogens (tertiary/aromatic N) is 3. The van der Waals surface area contributed by atoms with E-state index in [4.69, 9.17) is 14.9 Å². The van der Waals surface area contributed by atoms with Gasteiger partial charge in [0.2, 0.25) is 11.8 Å². The van der Waals surface area contributed by atoms with Gasteiger partial charge in [-0.2, -0.15) is 0 Å². The Morgan fingerprint density at radius 2 is 1.92 bits per heavy atom. The van der Waals surface area contributed by atoms with Crippen molar-refractivity contribution < 1.29 is 9.15 Å². The van der Waals surface area contributed by atoms with Gasteiger partial charge < -0.3 is 14.9 Å². The van der Waals surface area contributed by atoms with Crippen LogP contribution in [0.3, 0.4) is 0 Å². The molecule has 25 heavy (non-hydrogen) atoms. The molecule has 2 N–H and O–H groups in total. The van der Waals surface area contributed by atoms with E-state index in [1.807, 2.05) is 38.1 Å². The zero-order valence-electron chi connectivity index (χ0n) is 13.9. The van der Waals surface area contributed by atoms with Crippen LogP contribution in [0, 0.1) is 13.8 Å². The smallest absolute Gasteiger partial charge is 0.230 e. The summed E-state index contributed by atoms with van der Waals surface area (Å²) in [6.07, 6.45) is 5.01. The van der Waals surface area contributed by atoms with Crippen LogP contribution in [-0.4, -0.2) is 15.0 Å². The van der Waals surface area contributed by atoms with Crippen LogP contribution in [0.2, 0.25) is 0 Å². The van der Waals surface area contributed by atoms with Gasteiger partial charge in [-0.3, -0.25) is 0 Å². The number of nitrogen functional groups attached to an aromatic ring is 1. The number of rotatable bonds is 3. The molecule has 0 aliphatic carbocycles. The number of benzene rings is 1. The number of nitrogens with two attached hydrogens (primary N) is 1. The molecule has 0 unspecified atom stereocenters. The number of fused-ring (bicyclic) bond motifs is 1. The molecular weight excluding hydrogens is 316 g/mol. The van der Waals surface area contributed by atoms with E-state index >= 15 is 0 Å². The van der Waals surface area contributed by atoms with Crippen molar-refractivity contribution in [2.75, 3.05) is 5.73 Å². The minimum Gasteiger partial charge on any atom is -0.464 e. The topological polar surface area (TPSA) is 87.1 Å². The van der Waals surface area contributed by atoms with Crippen molar-refractivity contribution >= 4 is 16.9 Å². The summed E-state index contributed by atoms with van der Waals surface area (Å²) in [5.74, 6) is 1.47. The van der Waals surface area contributed by atoms with Crippen molar-refractivity contribution in [2.45, 2.75) is 13.8 Å². The van der Waals surface area contributed by atoms with Crippen LogP contribution in [-0.2, 0) is 0 Å². The zero-order valence-corrected chi connectivity index (χ0v) is 13.9. The quantitative estimate of drug-likeness (QED) is 0.602. The van der Waals surface area contributed by atoms with Crippen LogP contribution in [0.15, 0.2) is 53.4 Å². The molecule has 0 atom stereocenters. The number of pyridine rings is 1. The number of hydrogen-bond acceptors (Lipinski definition) is 6. The lowest BCUT2D eigenvalue weighted by molar-refractivity contribution is 0.468. The first-order chi connectivity index (χ1) is 12.1. The second-order valence-electron chi connectivity index (χ2n) is 5.79. The van der Waals surface area contributed by atoms with E-state index in [1.165, 1.54) is 0 Å². The Kier molecular flexibility index (Phi) is 3.57. The van der Waals surface area contributed by atoms with Crippen molar-refractivity contribution in [3.05, 3.63) is 60.1 Å². The standard InChI is InChI=1S/C19H16N4O2/c1-11-9-13(25-18-15-6-8-24-16(15)5-7-21-18)3-4-14(11)17-12(2)10-22-19(20)23-17/h3-10H,1-2H3,(H2,20,22,23). The molecule has 0 saturated carbocycles. The molecule has 0 aliphatic rings. The number of aromatic nitrogens is 3. The maximum Gasteiger partial charge on any atom is 0.230 e. The first kappa shape index (κ1) is 15.1. The Balaban J connectivity index is 1.70. The van der Waals surface area contributed by atoms with Gasteiger partial charge in [-0.25, -0.2) is 15.0 Å². The molecule has 0 aliphatic heterocycles. The molecule has 1 aromatic carbocycles. The third kappa shape index (κ3) is 2.78. The lowest BCUT2D eigenvalue weighted by atomic mass is 10.0. The molecule has 3 heterocycles. The number of ether oxygens (including phenoxy) is 1. The van der Waals surface area contributed by atoms with Crippen LogP contribution in [0.4, 0.5) is 5.95 Å². The van der Waals surface area contributed by atoms with Crippen LogP contribution < -0.4 is 10.5 Å². The SMILES string of the molecule is Cc1cc(Oc2nccc3occc23)ccc1-c1nc(N)ncc1C. The molecule has 3 aromatic heterocycles. The summed E-state index contributed by atoms with van der Waals surface area (Å²) < 4.78 is 11.3. The van der Waals surface area contributed by atoms with Gasteiger partial charge in [0.05, 0.1) is 17.3 Å². The molecule has 0 radical (unpaired) electrons. The van der Waals surface area contributed by atoms with Crippen LogP contribution in [0.25, 0.3) is 22.2 Å². The first-order valence-electron chi connectivity index (χ1n) is 7.82. The second kappa shape index (κ2) is 5.90. The lowest BCUT2D eigenvalue weighted by Gasteiger charge is -2.11. The van der Waals surface area contributed by atoms with Gasteiger partial charge in [0.15, 0.2) is 0 Å². The van der Waals surface area contributed by atoms with E-state index < -0.39 is 0 Å². The molecule has 4 rings (SSSR count). The maximum atomic E-state index is 5.95. The van der Waals surface area contributed by atoms with E-state index in [0.717, 1.165) is 33.4 Å². The van der Waals surface area contributed by atoms with Gasteiger partial charge in [-0.15, -0.1) is 0 Å².